The Morgan fingerprint density at radius 3 is 2.59 bits per heavy atom. The zero-order chi connectivity index (χ0) is 12.8. The van der Waals surface area contributed by atoms with Gasteiger partial charge in [-0.3, -0.25) is 0 Å². The van der Waals surface area contributed by atoms with E-state index >= 15 is 0 Å². The van der Waals surface area contributed by atoms with Crippen LogP contribution < -0.4 is 10.1 Å². The van der Waals surface area contributed by atoms with Crippen molar-refractivity contribution in [3.63, 3.8) is 0 Å². The average Bonchev–Trinajstić information content (AvgIpc) is 2.28. The van der Waals surface area contributed by atoms with Crippen LogP contribution in [0.2, 0.25) is 0 Å². The van der Waals surface area contributed by atoms with Crippen molar-refractivity contribution < 1.29 is 13.5 Å². The first kappa shape index (κ1) is 13.9. The van der Waals surface area contributed by atoms with Crippen LogP contribution in [-0.4, -0.2) is 13.2 Å². The van der Waals surface area contributed by atoms with Gasteiger partial charge in [-0.25, -0.2) is 0 Å². The van der Waals surface area contributed by atoms with Crippen LogP contribution in [0.3, 0.4) is 0 Å². The molecule has 1 aromatic rings. The predicted molar refractivity (Wildman–Crippen MR) is 64.5 cm³/mol. The first-order chi connectivity index (χ1) is 8.04. The average molecular weight is 243 g/mol. The third kappa shape index (κ3) is 4.30. The highest BCUT2D eigenvalue weighted by Gasteiger charge is 2.10. The van der Waals surface area contributed by atoms with Gasteiger partial charge in [0.1, 0.15) is 5.75 Å². The fourth-order valence-electron chi connectivity index (χ4n) is 1.65. The minimum absolute atomic E-state index is 0.217. The Hall–Kier alpha value is -1.16. The van der Waals surface area contributed by atoms with Gasteiger partial charge < -0.3 is 10.1 Å². The van der Waals surface area contributed by atoms with E-state index in [4.69, 9.17) is 0 Å². The van der Waals surface area contributed by atoms with Crippen LogP contribution in [0.25, 0.3) is 0 Å². The summed E-state index contributed by atoms with van der Waals surface area (Å²) in [5.74, 6) is 0.242. The van der Waals surface area contributed by atoms with E-state index in [9.17, 15) is 8.78 Å². The highest BCUT2D eigenvalue weighted by molar-refractivity contribution is 5.37. The van der Waals surface area contributed by atoms with Crippen molar-refractivity contribution in [1.82, 2.24) is 5.32 Å². The van der Waals surface area contributed by atoms with Crippen LogP contribution >= 0.6 is 0 Å². The minimum atomic E-state index is -2.77. The summed E-state index contributed by atoms with van der Waals surface area (Å²) >= 11 is 0. The van der Waals surface area contributed by atoms with Gasteiger partial charge in [0, 0.05) is 6.04 Å². The molecule has 0 bridgehead atoms. The van der Waals surface area contributed by atoms with E-state index in [-0.39, 0.29) is 11.8 Å². The lowest BCUT2D eigenvalue weighted by atomic mass is 10.0. The maximum absolute atomic E-state index is 12.1. The molecule has 1 atom stereocenters. The number of alkyl halides is 2. The Balaban J connectivity index is 2.73. The van der Waals surface area contributed by atoms with Gasteiger partial charge in [0.25, 0.3) is 0 Å². The highest BCUT2D eigenvalue weighted by Crippen LogP contribution is 2.24. The second-order valence-corrected chi connectivity index (χ2v) is 4.08. The summed E-state index contributed by atoms with van der Waals surface area (Å²) in [4.78, 5) is 0. The van der Waals surface area contributed by atoms with E-state index in [1.807, 2.05) is 12.1 Å². The minimum Gasteiger partial charge on any atom is -0.435 e. The first-order valence-corrected chi connectivity index (χ1v) is 5.83. The fraction of sp³-hybridized carbons (Fsp3) is 0.538. The molecule has 0 fully saturated rings. The maximum Gasteiger partial charge on any atom is 0.387 e. The standard InChI is InChI=1S/C13H19F2NO/c1-4-7-16-10(3)11-5-6-12(9(2)8-11)17-13(14)15/h5-6,8,10,13,16H,4,7H2,1-3H3. The molecule has 4 heteroatoms. The summed E-state index contributed by atoms with van der Waals surface area (Å²) in [5, 5.41) is 3.35. The third-order valence-electron chi connectivity index (χ3n) is 2.62. The molecule has 96 valence electrons. The molecule has 0 aromatic heterocycles. The van der Waals surface area contributed by atoms with Gasteiger partial charge in [-0.15, -0.1) is 0 Å². The monoisotopic (exact) mass is 243 g/mol. The summed E-state index contributed by atoms with van der Waals surface area (Å²) in [6.07, 6.45) is 1.07. The topological polar surface area (TPSA) is 21.3 Å². The van der Waals surface area contributed by atoms with Crippen molar-refractivity contribution in [3.05, 3.63) is 29.3 Å². The molecule has 1 rings (SSSR count). The Kier molecular flexibility index (Phi) is 5.35. The molecule has 1 unspecified atom stereocenters. The molecule has 0 aliphatic rings. The summed E-state index contributed by atoms with van der Waals surface area (Å²) in [5.41, 5.74) is 1.81. The van der Waals surface area contributed by atoms with Crippen molar-refractivity contribution in [2.75, 3.05) is 6.54 Å². The molecular weight excluding hydrogens is 224 g/mol. The summed E-state index contributed by atoms with van der Waals surface area (Å²) in [7, 11) is 0. The predicted octanol–water partition coefficient (Wildman–Crippen LogP) is 3.66. The van der Waals surface area contributed by atoms with E-state index in [1.54, 1.807) is 13.0 Å². The van der Waals surface area contributed by atoms with Crippen molar-refractivity contribution >= 4 is 0 Å². The van der Waals surface area contributed by atoms with Crippen LogP contribution in [0.15, 0.2) is 18.2 Å². The zero-order valence-corrected chi connectivity index (χ0v) is 10.5. The summed E-state index contributed by atoms with van der Waals surface area (Å²) in [6.45, 7) is 4.10. The molecule has 0 saturated carbocycles. The number of halogens is 2. The van der Waals surface area contributed by atoms with Gasteiger partial charge in [0.15, 0.2) is 0 Å². The molecular formula is C13H19F2NO. The summed E-state index contributed by atoms with van der Waals surface area (Å²) in [6, 6.07) is 5.51. The molecule has 0 spiro atoms. The molecule has 0 radical (unpaired) electrons. The number of benzene rings is 1. The number of rotatable bonds is 6. The lowest BCUT2D eigenvalue weighted by Gasteiger charge is -2.16. The first-order valence-electron chi connectivity index (χ1n) is 5.83. The SMILES string of the molecule is CCCNC(C)c1ccc(OC(F)F)c(C)c1. The quantitative estimate of drug-likeness (QED) is 0.823. The van der Waals surface area contributed by atoms with E-state index < -0.39 is 6.61 Å². The lowest BCUT2D eigenvalue weighted by Crippen LogP contribution is -2.19. The number of hydrogen-bond donors (Lipinski definition) is 1. The molecule has 0 heterocycles. The van der Waals surface area contributed by atoms with Gasteiger partial charge in [-0.1, -0.05) is 19.1 Å². The Labute approximate surface area is 101 Å². The number of ether oxygens (including phenoxy) is 1. The molecule has 0 aliphatic heterocycles. The van der Waals surface area contributed by atoms with Crippen molar-refractivity contribution in [2.24, 2.45) is 0 Å². The Bertz CT molecular complexity index is 355. The van der Waals surface area contributed by atoms with Gasteiger partial charge in [0.2, 0.25) is 0 Å². The van der Waals surface area contributed by atoms with Gasteiger partial charge in [-0.05, 0) is 44.0 Å². The van der Waals surface area contributed by atoms with E-state index in [0.717, 1.165) is 24.1 Å². The lowest BCUT2D eigenvalue weighted by molar-refractivity contribution is -0.0503. The van der Waals surface area contributed by atoms with Crippen LogP contribution in [-0.2, 0) is 0 Å². The molecule has 1 aromatic carbocycles. The van der Waals surface area contributed by atoms with Crippen molar-refractivity contribution in [3.8, 4) is 5.75 Å². The van der Waals surface area contributed by atoms with Crippen molar-refractivity contribution in [2.45, 2.75) is 39.8 Å². The van der Waals surface area contributed by atoms with E-state index in [1.165, 1.54) is 0 Å². The maximum atomic E-state index is 12.1. The van der Waals surface area contributed by atoms with E-state index in [0.29, 0.717) is 0 Å². The number of hydrogen-bond acceptors (Lipinski definition) is 2. The zero-order valence-electron chi connectivity index (χ0n) is 10.5. The van der Waals surface area contributed by atoms with E-state index in [2.05, 4.69) is 23.9 Å². The van der Waals surface area contributed by atoms with Gasteiger partial charge in [-0.2, -0.15) is 8.78 Å². The van der Waals surface area contributed by atoms with Gasteiger partial charge in [0.05, 0.1) is 0 Å². The van der Waals surface area contributed by atoms with Crippen LogP contribution in [0.5, 0.6) is 5.75 Å². The number of nitrogens with one attached hydrogen (secondary N) is 1. The molecule has 0 saturated heterocycles. The molecule has 0 aliphatic carbocycles. The number of aryl methyl sites for hydroxylation is 1. The smallest absolute Gasteiger partial charge is 0.387 e. The Morgan fingerprint density at radius 1 is 1.35 bits per heavy atom. The van der Waals surface area contributed by atoms with Crippen LogP contribution in [0, 0.1) is 6.92 Å². The highest BCUT2D eigenvalue weighted by atomic mass is 19.3. The van der Waals surface area contributed by atoms with Crippen LogP contribution in [0.4, 0.5) is 8.78 Å². The fourth-order valence-corrected chi connectivity index (χ4v) is 1.65. The molecule has 17 heavy (non-hydrogen) atoms. The molecule has 0 amide bonds. The second kappa shape index (κ2) is 6.55. The molecule has 1 N–H and O–H groups in total. The normalized spacial score (nSPS) is 12.8. The Morgan fingerprint density at radius 2 is 2.06 bits per heavy atom. The molecule has 2 nitrogen and oxygen atoms in total. The summed E-state index contributed by atoms with van der Waals surface area (Å²) < 4.78 is 28.6. The second-order valence-electron chi connectivity index (χ2n) is 4.08. The van der Waals surface area contributed by atoms with Crippen molar-refractivity contribution in [1.29, 1.82) is 0 Å². The van der Waals surface area contributed by atoms with Gasteiger partial charge >= 0.3 is 6.61 Å². The van der Waals surface area contributed by atoms with Crippen LogP contribution in [0.1, 0.15) is 37.4 Å². The largest absolute Gasteiger partial charge is 0.435 e. The third-order valence-corrected chi connectivity index (χ3v) is 2.62.